The molecule has 0 aliphatic carbocycles. The van der Waals surface area contributed by atoms with E-state index in [9.17, 15) is 0 Å². The smallest absolute Gasteiger partial charge is 0.128 e. The van der Waals surface area contributed by atoms with E-state index in [0.717, 1.165) is 47.0 Å². The lowest BCUT2D eigenvalue weighted by Gasteiger charge is -2.40. The molecule has 2 aliphatic rings. The first kappa shape index (κ1) is 15.6. The average Bonchev–Trinajstić information content (AvgIpc) is 2.49. The molecule has 0 spiro atoms. The zero-order valence-corrected chi connectivity index (χ0v) is 14.4. The summed E-state index contributed by atoms with van der Waals surface area (Å²) in [5, 5.41) is 0. The molecule has 2 saturated heterocycles. The maximum Gasteiger partial charge on any atom is 0.128 e. The normalized spacial score (nSPS) is 30.5. The lowest BCUT2D eigenvalue weighted by molar-refractivity contribution is -0.113. The molecule has 0 saturated carbocycles. The second kappa shape index (κ2) is 5.74. The van der Waals surface area contributed by atoms with Gasteiger partial charge in [-0.05, 0) is 13.8 Å². The minimum atomic E-state index is 0.0938. The van der Waals surface area contributed by atoms with Crippen molar-refractivity contribution in [1.29, 1.82) is 0 Å². The topological polar surface area (TPSA) is 36.9 Å². The van der Waals surface area contributed by atoms with Crippen LogP contribution in [0.4, 0.5) is 0 Å². The minimum Gasteiger partial charge on any atom is -0.496 e. The third-order valence-corrected chi connectivity index (χ3v) is 5.07. The predicted molar refractivity (Wildman–Crippen MR) is 84.7 cm³/mol. The van der Waals surface area contributed by atoms with Crippen LogP contribution < -0.4 is 9.47 Å². The average molecular weight is 306 g/mol. The summed E-state index contributed by atoms with van der Waals surface area (Å²) in [4.78, 5) is 0. The largest absolute Gasteiger partial charge is 0.496 e. The van der Waals surface area contributed by atoms with Gasteiger partial charge in [0.2, 0.25) is 0 Å². The number of hydrogen-bond acceptors (Lipinski definition) is 4. The Kier molecular flexibility index (Phi) is 4.08. The maximum atomic E-state index is 5.80. The van der Waals surface area contributed by atoms with E-state index in [4.69, 9.17) is 18.9 Å². The lowest BCUT2D eigenvalue weighted by atomic mass is 9.82. The molecule has 4 heteroatoms. The van der Waals surface area contributed by atoms with E-state index in [-0.39, 0.29) is 12.2 Å². The third kappa shape index (κ3) is 2.12. The van der Waals surface area contributed by atoms with Crippen LogP contribution >= 0.6 is 0 Å². The van der Waals surface area contributed by atoms with Gasteiger partial charge in [0, 0.05) is 34.1 Å². The Bertz CT molecular complexity index is 529. The van der Waals surface area contributed by atoms with Crippen molar-refractivity contribution in [2.75, 3.05) is 27.4 Å². The molecular weight excluding hydrogens is 280 g/mol. The van der Waals surface area contributed by atoms with Gasteiger partial charge >= 0.3 is 0 Å². The van der Waals surface area contributed by atoms with Crippen LogP contribution in [0.5, 0.6) is 11.5 Å². The Morgan fingerprint density at radius 2 is 1.14 bits per heavy atom. The number of rotatable bonds is 4. The van der Waals surface area contributed by atoms with Crippen LogP contribution in [-0.2, 0) is 9.47 Å². The van der Waals surface area contributed by atoms with E-state index in [2.05, 4.69) is 27.7 Å². The molecule has 3 rings (SSSR count). The van der Waals surface area contributed by atoms with Crippen molar-refractivity contribution in [2.45, 2.75) is 39.9 Å². The SMILES string of the molecule is COc1c(C)c(C2OCC2C)c(OC)c(C)c1C1OCC1C. The van der Waals surface area contributed by atoms with Crippen LogP contribution in [0.15, 0.2) is 0 Å². The Balaban J connectivity index is 2.18. The third-order valence-electron chi connectivity index (χ3n) is 5.07. The van der Waals surface area contributed by atoms with Crippen molar-refractivity contribution in [3.63, 3.8) is 0 Å². The van der Waals surface area contributed by atoms with Crippen molar-refractivity contribution in [2.24, 2.45) is 11.8 Å². The Hall–Kier alpha value is -1.26. The zero-order valence-electron chi connectivity index (χ0n) is 14.4. The van der Waals surface area contributed by atoms with E-state index in [1.165, 1.54) is 0 Å². The first-order valence-electron chi connectivity index (χ1n) is 7.99. The van der Waals surface area contributed by atoms with Crippen LogP contribution in [-0.4, -0.2) is 27.4 Å². The predicted octanol–water partition coefficient (Wildman–Crippen LogP) is 3.74. The van der Waals surface area contributed by atoms with Gasteiger partial charge in [0.1, 0.15) is 11.5 Å². The summed E-state index contributed by atoms with van der Waals surface area (Å²) in [6.07, 6.45) is 0.188. The van der Waals surface area contributed by atoms with E-state index in [1.807, 2.05) is 0 Å². The van der Waals surface area contributed by atoms with Gasteiger partial charge in [0.25, 0.3) is 0 Å². The van der Waals surface area contributed by atoms with Crippen molar-refractivity contribution < 1.29 is 18.9 Å². The summed E-state index contributed by atoms with van der Waals surface area (Å²) in [6, 6.07) is 0. The molecule has 1 aromatic carbocycles. The molecule has 2 aliphatic heterocycles. The summed E-state index contributed by atoms with van der Waals surface area (Å²) in [7, 11) is 3.46. The van der Waals surface area contributed by atoms with Crippen molar-refractivity contribution >= 4 is 0 Å². The number of hydrogen-bond donors (Lipinski definition) is 0. The van der Waals surface area contributed by atoms with Gasteiger partial charge in [-0.3, -0.25) is 0 Å². The highest BCUT2D eigenvalue weighted by atomic mass is 16.5. The number of methoxy groups -OCH3 is 2. The molecule has 2 fully saturated rings. The monoisotopic (exact) mass is 306 g/mol. The summed E-state index contributed by atoms with van der Waals surface area (Å²) in [6.45, 7) is 10.2. The fourth-order valence-electron chi connectivity index (χ4n) is 3.71. The van der Waals surface area contributed by atoms with Crippen LogP contribution in [0.1, 0.15) is 48.3 Å². The van der Waals surface area contributed by atoms with E-state index < -0.39 is 0 Å². The van der Waals surface area contributed by atoms with E-state index in [0.29, 0.717) is 11.8 Å². The molecule has 4 unspecified atom stereocenters. The van der Waals surface area contributed by atoms with E-state index >= 15 is 0 Å². The highest BCUT2D eigenvalue weighted by Crippen LogP contribution is 2.51. The maximum absolute atomic E-state index is 5.80. The summed E-state index contributed by atoms with van der Waals surface area (Å²) < 4.78 is 23.1. The standard InChI is InChI=1S/C18H26O4/c1-9-7-21-15(9)13-11(3)18(20-6)14(12(4)17(13)19-5)16-10(2)8-22-16/h9-10,15-16H,7-8H2,1-6H3. The van der Waals surface area contributed by atoms with Gasteiger partial charge in [-0.25, -0.2) is 0 Å². The molecule has 0 aromatic heterocycles. The molecule has 0 N–H and O–H groups in total. The molecule has 4 atom stereocenters. The quantitative estimate of drug-likeness (QED) is 0.849. The Morgan fingerprint density at radius 3 is 1.32 bits per heavy atom. The van der Waals surface area contributed by atoms with Gasteiger partial charge in [0.15, 0.2) is 0 Å². The second-order valence-electron chi connectivity index (χ2n) is 6.61. The summed E-state index contributed by atoms with van der Waals surface area (Å²) in [5.74, 6) is 2.85. The molecule has 4 nitrogen and oxygen atoms in total. The van der Waals surface area contributed by atoms with Crippen molar-refractivity contribution in [1.82, 2.24) is 0 Å². The van der Waals surface area contributed by atoms with E-state index in [1.54, 1.807) is 14.2 Å². The van der Waals surface area contributed by atoms with Crippen molar-refractivity contribution in [3.8, 4) is 11.5 Å². The van der Waals surface area contributed by atoms with Gasteiger partial charge in [-0.2, -0.15) is 0 Å². The fourth-order valence-corrected chi connectivity index (χ4v) is 3.71. The molecule has 0 amide bonds. The lowest BCUT2D eigenvalue weighted by Crippen LogP contribution is -2.33. The second-order valence-corrected chi connectivity index (χ2v) is 6.61. The molecule has 22 heavy (non-hydrogen) atoms. The molecule has 1 aromatic rings. The molecule has 0 radical (unpaired) electrons. The molecule has 122 valence electrons. The minimum absolute atomic E-state index is 0.0938. The zero-order chi connectivity index (χ0) is 16.0. The molecule has 2 heterocycles. The first-order valence-corrected chi connectivity index (χ1v) is 7.99. The van der Waals surface area contributed by atoms with Gasteiger partial charge in [-0.15, -0.1) is 0 Å². The van der Waals surface area contributed by atoms with Gasteiger partial charge < -0.3 is 18.9 Å². The van der Waals surface area contributed by atoms with Gasteiger partial charge in [-0.1, -0.05) is 13.8 Å². The summed E-state index contributed by atoms with van der Waals surface area (Å²) in [5.41, 5.74) is 4.48. The number of ether oxygens (including phenoxy) is 4. The summed E-state index contributed by atoms with van der Waals surface area (Å²) >= 11 is 0. The highest BCUT2D eigenvalue weighted by molar-refractivity contribution is 5.60. The Morgan fingerprint density at radius 1 is 0.773 bits per heavy atom. The Labute approximate surface area is 132 Å². The van der Waals surface area contributed by atoms with Crippen LogP contribution in [0.2, 0.25) is 0 Å². The van der Waals surface area contributed by atoms with Crippen LogP contribution in [0.3, 0.4) is 0 Å². The molecular formula is C18H26O4. The first-order chi connectivity index (χ1) is 10.5. The highest BCUT2D eigenvalue weighted by Gasteiger charge is 2.39. The fraction of sp³-hybridized carbons (Fsp3) is 0.667. The van der Waals surface area contributed by atoms with Crippen LogP contribution in [0, 0.1) is 25.7 Å². The number of benzene rings is 1. The van der Waals surface area contributed by atoms with Gasteiger partial charge in [0.05, 0.1) is 39.6 Å². The molecule has 0 bridgehead atoms. The van der Waals surface area contributed by atoms with Crippen LogP contribution in [0.25, 0.3) is 0 Å². The van der Waals surface area contributed by atoms with Crippen molar-refractivity contribution in [3.05, 3.63) is 22.3 Å².